The number of hydrogen-bond acceptors (Lipinski definition) is 3. The first-order valence-corrected chi connectivity index (χ1v) is 10.7. The van der Waals surface area contributed by atoms with Gasteiger partial charge in [0.2, 0.25) is 0 Å². The fraction of sp³-hybridized carbons (Fsp3) is 0.231. The van der Waals surface area contributed by atoms with Crippen molar-refractivity contribution in [2.24, 2.45) is 0 Å². The second kappa shape index (κ2) is 8.45. The molecule has 152 valence electrons. The Labute approximate surface area is 179 Å². The number of rotatable bonds is 5. The normalized spacial score (nSPS) is 11.0. The molecule has 0 bridgehead atoms. The molecule has 0 aromatic heterocycles. The number of ketones is 2. The predicted octanol–water partition coefficient (Wildman–Crippen LogP) is 5.92. The molecule has 0 aliphatic heterocycles. The summed E-state index contributed by atoms with van der Waals surface area (Å²) in [5.41, 5.74) is 7.15. The van der Waals surface area contributed by atoms with Gasteiger partial charge in [-0.3, -0.25) is 14.2 Å². The summed E-state index contributed by atoms with van der Waals surface area (Å²) in [6.45, 7) is 11.5. The maximum absolute atomic E-state index is 13.7. The highest BCUT2D eigenvalue weighted by Gasteiger charge is 2.27. The van der Waals surface area contributed by atoms with Crippen LogP contribution >= 0.6 is 8.46 Å². The zero-order chi connectivity index (χ0) is 22.2. The average Bonchev–Trinajstić information content (AvgIpc) is 2.73. The molecular weight excluding hydrogens is 391 g/mol. The predicted molar refractivity (Wildman–Crippen MR) is 122 cm³/mol. The first-order valence-electron chi connectivity index (χ1n) is 9.88. The lowest BCUT2D eigenvalue weighted by atomic mass is 9.86. The largest absolute Gasteiger partial charge is 0.289 e. The van der Waals surface area contributed by atoms with Crippen LogP contribution in [0.4, 0.5) is 0 Å². The molecule has 0 unspecified atom stereocenters. The summed E-state index contributed by atoms with van der Waals surface area (Å²) in [7, 11) is -0.289. The van der Waals surface area contributed by atoms with Gasteiger partial charge < -0.3 is 0 Å². The van der Waals surface area contributed by atoms with E-state index in [0.29, 0.717) is 16.4 Å². The molecule has 3 nitrogen and oxygen atoms in total. The van der Waals surface area contributed by atoms with E-state index in [1.54, 1.807) is 18.2 Å². The van der Waals surface area contributed by atoms with E-state index >= 15 is 0 Å². The Balaban J connectivity index is 2.30. The molecule has 4 heteroatoms. The molecule has 0 aliphatic rings. The van der Waals surface area contributed by atoms with Crippen molar-refractivity contribution < 1.29 is 14.2 Å². The van der Waals surface area contributed by atoms with Crippen LogP contribution in [0.3, 0.4) is 0 Å². The molecule has 0 saturated carbocycles. The Kier molecular flexibility index (Phi) is 6.14. The van der Waals surface area contributed by atoms with Gasteiger partial charge in [0, 0.05) is 22.3 Å². The highest BCUT2D eigenvalue weighted by atomic mass is 31.1. The van der Waals surface area contributed by atoms with E-state index in [-0.39, 0.29) is 31.2 Å². The fourth-order valence-electron chi connectivity index (χ4n) is 3.90. The van der Waals surface area contributed by atoms with E-state index < -0.39 is 0 Å². The Hall–Kier alpha value is -2.90. The summed E-state index contributed by atoms with van der Waals surface area (Å²) in [6, 6.07) is 12.8. The molecule has 0 heterocycles. The van der Waals surface area contributed by atoms with Crippen LogP contribution in [0.5, 0.6) is 0 Å². The monoisotopic (exact) mass is 416 g/mol. The molecule has 0 saturated heterocycles. The minimum absolute atomic E-state index is 0.217. The summed E-state index contributed by atoms with van der Waals surface area (Å²) >= 11 is 0. The van der Waals surface area contributed by atoms with Crippen molar-refractivity contribution in [1.29, 1.82) is 0 Å². The number of carbonyl (C=O) groups excluding carboxylic acids is 2. The molecular formula is C26H25O3P. The van der Waals surface area contributed by atoms with E-state index in [0.717, 1.165) is 33.4 Å². The lowest BCUT2D eigenvalue weighted by Crippen LogP contribution is -2.21. The van der Waals surface area contributed by atoms with Gasteiger partial charge in [-0.2, -0.15) is 0 Å². The first kappa shape index (κ1) is 21.8. The molecule has 0 atom stereocenters. The lowest BCUT2D eigenvalue weighted by Gasteiger charge is -2.17. The molecule has 0 aliphatic carbocycles. The molecule has 0 amide bonds. The van der Waals surface area contributed by atoms with Gasteiger partial charge in [0.1, 0.15) is 0 Å². The van der Waals surface area contributed by atoms with Crippen molar-refractivity contribution in [3.63, 3.8) is 0 Å². The van der Waals surface area contributed by atoms with Gasteiger partial charge in [-0.25, -0.2) is 0 Å². The van der Waals surface area contributed by atoms with Gasteiger partial charge in [0.15, 0.2) is 20.0 Å². The van der Waals surface area contributed by atoms with Gasteiger partial charge in [-0.05, 0) is 81.0 Å². The number of hydrogen-bond donors (Lipinski definition) is 0. The molecule has 0 fully saturated rings. The maximum Gasteiger partial charge on any atom is 0.195 e. The van der Waals surface area contributed by atoms with E-state index in [4.69, 9.17) is 0 Å². The maximum atomic E-state index is 13.7. The Morgan fingerprint density at radius 3 is 1.57 bits per heavy atom. The number of benzene rings is 3. The van der Waals surface area contributed by atoms with Crippen LogP contribution < -0.4 is 5.30 Å². The van der Waals surface area contributed by atoms with Crippen molar-refractivity contribution in [2.75, 3.05) is 0 Å². The zero-order valence-corrected chi connectivity index (χ0v) is 19.1. The third kappa shape index (κ3) is 3.66. The molecule has 3 aromatic rings. The van der Waals surface area contributed by atoms with Crippen LogP contribution in [0.2, 0.25) is 0 Å². The molecule has 0 N–H and O–H groups in total. The topological polar surface area (TPSA) is 51.2 Å². The lowest BCUT2D eigenvalue weighted by molar-refractivity contribution is 0.100. The van der Waals surface area contributed by atoms with Crippen molar-refractivity contribution in [3.8, 4) is 0 Å². The second-order valence-corrected chi connectivity index (χ2v) is 8.51. The Morgan fingerprint density at radius 1 is 0.600 bits per heavy atom. The SMILES string of the molecule is Cc1ccc(C)c(C(=O)c2cccc(P=O)c2C(=O)c2c(C)ccc(C)c2C)c1C. The van der Waals surface area contributed by atoms with Crippen LogP contribution in [-0.2, 0) is 4.57 Å². The Morgan fingerprint density at radius 2 is 1.07 bits per heavy atom. The van der Waals surface area contributed by atoms with Gasteiger partial charge in [0.25, 0.3) is 0 Å². The zero-order valence-electron chi connectivity index (χ0n) is 18.2. The van der Waals surface area contributed by atoms with Gasteiger partial charge >= 0.3 is 0 Å². The van der Waals surface area contributed by atoms with Crippen LogP contribution in [0, 0.1) is 41.5 Å². The fourth-order valence-corrected chi connectivity index (χ4v) is 4.37. The smallest absolute Gasteiger partial charge is 0.195 e. The molecule has 30 heavy (non-hydrogen) atoms. The van der Waals surface area contributed by atoms with E-state index in [9.17, 15) is 14.2 Å². The third-order valence-electron chi connectivity index (χ3n) is 5.95. The van der Waals surface area contributed by atoms with Crippen LogP contribution in [-0.4, -0.2) is 11.6 Å². The Bertz CT molecular complexity index is 1210. The summed E-state index contributed by atoms with van der Waals surface area (Å²) in [5.74, 6) is -0.482. The molecule has 3 rings (SSSR count). The van der Waals surface area contributed by atoms with Crippen molar-refractivity contribution in [3.05, 3.63) is 98.1 Å². The summed E-state index contributed by atoms with van der Waals surface area (Å²) < 4.78 is 11.9. The van der Waals surface area contributed by atoms with Gasteiger partial charge in [-0.15, -0.1) is 0 Å². The highest BCUT2D eigenvalue weighted by molar-refractivity contribution is 7.34. The first-order chi connectivity index (χ1) is 14.2. The standard InChI is InChI=1S/C26H25O3P/c1-14-10-12-16(3)22(18(14)5)25(27)20-8-7-9-21(30-29)24(20)26(28)23-17(4)13-11-15(2)19(23)6/h7-13H,1-6H3. The van der Waals surface area contributed by atoms with Crippen LogP contribution in [0.15, 0.2) is 42.5 Å². The van der Waals surface area contributed by atoms with Crippen LogP contribution in [0.1, 0.15) is 65.2 Å². The van der Waals surface area contributed by atoms with E-state index in [1.165, 1.54) is 0 Å². The molecule has 3 aromatic carbocycles. The summed E-state index contributed by atoms with van der Waals surface area (Å²) in [5, 5.41) is 0.328. The van der Waals surface area contributed by atoms with Gasteiger partial charge in [0.05, 0.1) is 5.30 Å². The number of aryl methyl sites for hydroxylation is 4. The summed E-state index contributed by atoms with van der Waals surface area (Å²) in [4.78, 5) is 27.4. The molecule has 0 spiro atoms. The van der Waals surface area contributed by atoms with Crippen LogP contribution in [0.25, 0.3) is 0 Å². The second-order valence-electron chi connectivity index (χ2n) is 7.85. The summed E-state index contributed by atoms with van der Waals surface area (Å²) in [6.07, 6.45) is 0. The van der Waals surface area contributed by atoms with E-state index in [2.05, 4.69) is 0 Å². The third-order valence-corrected chi connectivity index (χ3v) is 6.52. The highest BCUT2D eigenvalue weighted by Crippen LogP contribution is 2.27. The minimum Gasteiger partial charge on any atom is -0.289 e. The average molecular weight is 416 g/mol. The van der Waals surface area contributed by atoms with Gasteiger partial charge in [-0.1, -0.05) is 36.4 Å². The minimum atomic E-state index is -0.289. The van der Waals surface area contributed by atoms with Crippen molar-refractivity contribution >= 4 is 25.3 Å². The quantitative estimate of drug-likeness (QED) is 0.383. The van der Waals surface area contributed by atoms with Crippen molar-refractivity contribution in [2.45, 2.75) is 41.5 Å². The number of carbonyl (C=O) groups is 2. The van der Waals surface area contributed by atoms with Crippen molar-refractivity contribution in [1.82, 2.24) is 0 Å². The molecule has 0 radical (unpaired) electrons. The van der Waals surface area contributed by atoms with E-state index in [1.807, 2.05) is 65.8 Å².